The lowest BCUT2D eigenvalue weighted by Crippen LogP contribution is -2.30. The number of carbonyl (C=O) groups is 3. The Morgan fingerprint density at radius 3 is 0.925 bits per heavy atom. The lowest BCUT2D eigenvalue weighted by Gasteiger charge is -2.18. The van der Waals surface area contributed by atoms with Gasteiger partial charge in [-0.25, -0.2) is 0 Å². The molecule has 314 valence electrons. The van der Waals surface area contributed by atoms with Gasteiger partial charge in [0.2, 0.25) is 0 Å². The molecule has 0 aliphatic heterocycles. The van der Waals surface area contributed by atoms with Crippen LogP contribution < -0.4 is 0 Å². The van der Waals surface area contributed by atoms with E-state index in [1.54, 1.807) is 0 Å². The predicted octanol–water partition coefficient (Wildman–Crippen LogP) is 14.7. The predicted molar refractivity (Wildman–Crippen MR) is 224 cm³/mol. The van der Waals surface area contributed by atoms with Gasteiger partial charge in [0.05, 0.1) is 0 Å². The zero-order chi connectivity index (χ0) is 38.9. The van der Waals surface area contributed by atoms with Gasteiger partial charge in [-0.3, -0.25) is 14.4 Å². The minimum absolute atomic E-state index is 0.0637. The number of unbranched alkanes of at least 4 members (excludes halogenated alkanes) is 29. The zero-order valence-electron chi connectivity index (χ0n) is 36.0. The molecule has 0 saturated carbocycles. The van der Waals surface area contributed by atoms with E-state index in [0.29, 0.717) is 19.3 Å². The van der Waals surface area contributed by atoms with Gasteiger partial charge >= 0.3 is 17.9 Å². The molecule has 0 fully saturated rings. The second-order valence-corrected chi connectivity index (χ2v) is 16.5. The molecule has 0 N–H and O–H groups in total. The van der Waals surface area contributed by atoms with Gasteiger partial charge in [0.25, 0.3) is 0 Å². The molecule has 0 radical (unpaired) electrons. The van der Waals surface area contributed by atoms with Gasteiger partial charge in [0.15, 0.2) is 6.10 Å². The van der Waals surface area contributed by atoms with Crippen molar-refractivity contribution >= 4 is 17.9 Å². The van der Waals surface area contributed by atoms with Gasteiger partial charge in [-0.2, -0.15) is 0 Å². The molecular weight excluding hydrogens is 661 g/mol. The molecule has 1 atom stereocenters. The van der Waals surface area contributed by atoms with Crippen LogP contribution in [-0.2, 0) is 28.6 Å². The minimum Gasteiger partial charge on any atom is -0.462 e. The maximum atomic E-state index is 12.7. The number of esters is 3. The maximum Gasteiger partial charge on any atom is 0.306 e. The Bertz CT molecular complexity index is 796. The minimum atomic E-state index is -0.758. The lowest BCUT2D eigenvalue weighted by atomic mass is 10.0. The standard InChI is InChI=1S/C47H90O6/c1-5-7-9-11-13-15-16-17-18-23-26-30-34-38-45(48)51-41-44(53-47(50)40-36-32-28-21-14-12-10-8-6-2)42-52-46(49)39-35-31-27-24-20-19-22-25-29-33-37-43(3)4/h43-44H,5-42H2,1-4H3/t44-/m0/s1. The molecule has 6 nitrogen and oxygen atoms in total. The Morgan fingerprint density at radius 1 is 0.358 bits per heavy atom. The Balaban J connectivity index is 4.29. The van der Waals surface area contributed by atoms with Crippen LogP contribution in [0.4, 0.5) is 0 Å². The third-order valence-electron chi connectivity index (χ3n) is 10.5. The maximum absolute atomic E-state index is 12.7. The molecule has 6 heteroatoms. The Kier molecular flexibility index (Phi) is 40.3. The summed E-state index contributed by atoms with van der Waals surface area (Å²) in [5, 5.41) is 0. The summed E-state index contributed by atoms with van der Waals surface area (Å²) in [5.74, 6) is -0.0361. The first-order chi connectivity index (χ1) is 25.9. The number of hydrogen-bond acceptors (Lipinski definition) is 6. The Hall–Kier alpha value is -1.59. The normalized spacial score (nSPS) is 11.9. The summed E-state index contributed by atoms with van der Waals surface area (Å²) >= 11 is 0. The first-order valence-corrected chi connectivity index (χ1v) is 23.4. The number of hydrogen-bond donors (Lipinski definition) is 0. The molecule has 0 aromatic rings. The van der Waals surface area contributed by atoms with Crippen molar-refractivity contribution in [3.05, 3.63) is 0 Å². The van der Waals surface area contributed by atoms with E-state index in [1.807, 2.05) is 0 Å². The van der Waals surface area contributed by atoms with Crippen molar-refractivity contribution in [1.82, 2.24) is 0 Å². The van der Waals surface area contributed by atoms with Crippen LogP contribution in [-0.4, -0.2) is 37.2 Å². The smallest absolute Gasteiger partial charge is 0.306 e. The van der Waals surface area contributed by atoms with Crippen molar-refractivity contribution in [3.63, 3.8) is 0 Å². The summed E-state index contributed by atoms with van der Waals surface area (Å²) in [4.78, 5) is 37.7. The van der Waals surface area contributed by atoms with Gasteiger partial charge in [0.1, 0.15) is 13.2 Å². The van der Waals surface area contributed by atoms with E-state index in [0.717, 1.165) is 63.7 Å². The van der Waals surface area contributed by atoms with Crippen molar-refractivity contribution in [2.24, 2.45) is 5.92 Å². The topological polar surface area (TPSA) is 78.9 Å². The molecule has 0 aliphatic carbocycles. The van der Waals surface area contributed by atoms with Crippen LogP contribution >= 0.6 is 0 Å². The van der Waals surface area contributed by atoms with Crippen LogP contribution in [0, 0.1) is 5.92 Å². The summed E-state index contributed by atoms with van der Waals surface area (Å²) < 4.78 is 16.7. The molecule has 0 aromatic heterocycles. The largest absolute Gasteiger partial charge is 0.462 e. The SMILES string of the molecule is CCCCCCCCCCCCCCCC(=O)OC[C@@H](COC(=O)CCCCCCCCCCCCC(C)C)OC(=O)CCCCCCCCCCC. The summed E-state index contributed by atoms with van der Waals surface area (Å²) in [6, 6.07) is 0. The molecular formula is C47H90O6. The quantitative estimate of drug-likeness (QED) is 0.0351. The molecule has 0 aliphatic rings. The highest BCUT2D eigenvalue weighted by Crippen LogP contribution is 2.16. The van der Waals surface area contributed by atoms with Crippen LogP contribution in [0.25, 0.3) is 0 Å². The summed E-state index contributed by atoms with van der Waals surface area (Å²) in [5.41, 5.74) is 0. The molecule has 0 heterocycles. The van der Waals surface area contributed by atoms with Gasteiger partial charge in [-0.15, -0.1) is 0 Å². The van der Waals surface area contributed by atoms with Crippen LogP contribution in [0.3, 0.4) is 0 Å². The van der Waals surface area contributed by atoms with Crippen molar-refractivity contribution < 1.29 is 28.6 Å². The van der Waals surface area contributed by atoms with Gasteiger partial charge < -0.3 is 14.2 Å². The molecule has 0 aromatic carbocycles. The second kappa shape index (κ2) is 41.6. The number of ether oxygens (including phenoxy) is 3. The van der Waals surface area contributed by atoms with Crippen molar-refractivity contribution in [3.8, 4) is 0 Å². The van der Waals surface area contributed by atoms with Crippen LogP contribution in [0.2, 0.25) is 0 Å². The van der Waals surface area contributed by atoms with E-state index in [9.17, 15) is 14.4 Å². The fourth-order valence-corrected chi connectivity index (χ4v) is 6.98. The fourth-order valence-electron chi connectivity index (χ4n) is 6.98. The Morgan fingerprint density at radius 2 is 0.623 bits per heavy atom. The summed E-state index contributed by atoms with van der Waals surface area (Å²) in [6.07, 6.45) is 40.8. The zero-order valence-corrected chi connectivity index (χ0v) is 36.0. The molecule has 0 saturated heterocycles. The summed E-state index contributed by atoms with van der Waals surface area (Å²) in [7, 11) is 0. The molecule has 0 unspecified atom stereocenters. The van der Waals surface area contributed by atoms with Gasteiger partial charge in [-0.05, 0) is 25.2 Å². The second-order valence-electron chi connectivity index (χ2n) is 16.5. The van der Waals surface area contributed by atoms with E-state index in [2.05, 4.69) is 27.7 Å². The highest BCUT2D eigenvalue weighted by molar-refractivity contribution is 5.71. The Labute approximate surface area is 329 Å². The average molecular weight is 751 g/mol. The average Bonchev–Trinajstić information content (AvgIpc) is 3.14. The molecule has 0 spiro atoms. The molecule has 53 heavy (non-hydrogen) atoms. The first-order valence-electron chi connectivity index (χ1n) is 23.4. The highest BCUT2D eigenvalue weighted by atomic mass is 16.6. The first kappa shape index (κ1) is 51.4. The van der Waals surface area contributed by atoms with Crippen molar-refractivity contribution in [2.45, 2.75) is 265 Å². The van der Waals surface area contributed by atoms with E-state index >= 15 is 0 Å². The van der Waals surface area contributed by atoms with Crippen molar-refractivity contribution in [2.75, 3.05) is 13.2 Å². The number of carbonyl (C=O) groups excluding carboxylic acids is 3. The highest BCUT2D eigenvalue weighted by Gasteiger charge is 2.19. The molecule has 0 bridgehead atoms. The van der Waals surface area contributed by atoms with Gasteiger partial charge in [-0.1, -0.05) is 220 Å². The fraction of sp³-hybridized carbons (Fsp3) is 0.936. The van der Waals surface area contributed by atoms with Crippen LogP contribution in [0.1, 0.15) is 259 Å². The summed E-state index contributed by atoms with van der Waals surface area (Å²) in [6.45, 7) is 8.97. The van der Waals surface area contributed by atoms with Crippen LogP contribution in [0.5, 0.6) is 0 Å². The van der Waals surface area contributed by atoms with E-state index in [-0.39, 0.29) is 31.1 Å². The number of rotatable bonds is 42. The monoisotopic (exact) mass is 751 g/mol. The third-order valence-corrected chi connectivity index (χ3v) is 10.5. The third kappa shape index (κ3) is 41.4. The van der Waals surface area contributed by atoms with Gasteiger partial charge in [0, 0.05) is 19.3 Å². The van der Waals surface area contributed by atoms with E-state index in [1.165, 1.54) is 154 Å². The molecule has 0 amide bonds. The van der Waals surface area contributed by atoms with Crippen LogP contribution in [0.15, 0.2) is 0 Å². The van der Waals surface area contributed by atoms with E-state index < -0.39 is 6.10 Å². The van der Waals surface area contributed by atoms with Crippen molar-refractivity contribution in [1.29, 1.82) is 0 Å². The molecule has 0 rings (SSSR count). The van der Waals surface area contributed by atoms with E-state index in [4.69, 9.17) is 14.2 Å². The lowest BCUT2D eigenvalue weighted by molar-refractivity contribution is -0.167.